The van der Waals surface area contributed by atoms with Crippen LogP contribution in [0.25, 0.3) is 12.2 Å². The first kappa shape index (κ1) is 22.7. The molecule has 0 amide bonds. The monoisotopic (exact) mass is 456 g/mol. The molecule has 0 spiro atoms. The molecule has 148 valence electrons. The molecule has 0 aromatic heterocycles. The Balaban J connectivity index is 0.000000207. The third kappa shape index (κ3) is 6.49. The van der Waals surface area contributed by atoms with Crippen LogP contribution in [0.3, 0.4) is 0 Å². The van der Waals surface area contributed by atoms with E-state index in [1.165, 1.54) is 5.57 Å². The van der Waals surface area contributed by atoms with Gasteiger partial charge < -0.3 is 9.47 Å². The lowest BCUT2D eigenvalue weighted by molar-refractivity contribution is 0.359. The Bertz CT molecular complexity index is 913. The van der Waals surface area contributed by atoms with E-state index in [1.54, 1.807) is 24.3 Å². The summed E-state index contributed by atoms with van der Waals surface area (Å²) in [5, 5.41) is 2.29. The predicted molar refractivity (Wildman–Crippen MR) is 122 cm³/mol. The van der Waals surface area contributed by atoms with Crippen LogP contribution in [0, 0.1) is 0 Å². The van der Waals surface area contributed by atoms with Crippen molar-refractivity contribution in [1.82, 2.24) is 0 Å². The minimum Gasteiger partial charge on any atom is -0.487 e. The van der Waals surface area contributed by atoms with Gasteiger partial charge >= 0.3 is 0 Å². The first-order chi connectivity index (χ1) is 13.3. The molecule has 1 aliphatic heterocycles. The highest BCUT2D eigenvalue weighted by molar-refractivity contribution is 6.36. The van der Waals surface area contributed by atoms with Crippen molar-refractivity contribution in [3.8, 4) is 11.5 Å². The van der Waals surface area contributed by atoms with E-state index in [2.05, 4.69) is 6.58 Å². The Hall–Kier alpha value is -1.58. The molecule has 1 heterocycles. The summed E-state index contributed by atoms with van der Waals surface area (Å²) in [7, 11) is 0. The molecule has 28 heavy (non-hydrogen) atoms. The molecular weight excluding hydrogens is 438 g/mol. The largest absolute Gasteiger partial charge is 0.487 e. The van der Waals surface area contributed by atoms with Crippen LogP contribution >= 0.6 is 46.4 Å². The van der Waals surface area contributed by atoms with E-state index in [0.717, 1.165) is 16.9 Å². The molecule has 3 rings (SSSR count). The van der Waals surface area contributed by atoms with Crippen LogP contribution in [0.15, 0.2) is 48.6 Å². The molecular formula is C22H20Cl4O2. The number of halogens is 4. The topological polar surface area (TPSA) is 18.5 Å². The van der Waals surface area contributed by atoms with E-state index in [-0.39, 0.29) is 0 Å². The standard InChI is InChI=1S/C13H14Cl2O.C9H6Cl2O/c1-4-10-7-11(14)8-12(15)13(10)16-6-5-9(2)3;10-7-4-6-2-1-3-12-9(6)8(11)5-7/h4-5,7-8H,1,6H2,2-3H3;1-2,4-5H,3H2. The van der Waals surface area contributed by atoms with Crippen LogP contribution in [-0.2, 0) is 0 Å². The number of benzene rings is 2. The average molecular weight is 458 g/mol. The lowest BCUT2D eigenvalue weighted by Crippen LogP contribution is -2.00. The molecule has 0 saturated carbocycles. The summed E-state index contributed by atoms with van der Waals surface area (Å²) in [5.74, 6) is 1.35. The quantitative estimate of drug-likeness (QED) is 0.429. The zero-order valence-corrected chi connectivity index (χ0v) is 18.6. The Morgan fingerprint density at radius 2 is 1.75 bits per heavy atom. The van der Waals surface area contributed by atoms with Gasteiger partial charge in [0.2, 0.25) is 0 Å². The van der Waals surface area contributed by atoms with Gasteiger partial charge in [-0.3, -0.25) is 0 Å². The number of allylic oxidation sites excluding steroid dienone is 1. The minimum absolute atomic E-state index is 0.491. The average Bonchev–Trinajstić information content (AvgIpc) is 2.63. The second kappa shape index (κ2) is 10.8. The fourth-order valence-corrected chi connectivity index (χ4v) is 3.47. The van der Waals surface area contributed by atoms with E-state index in [4.69, 9.17) is 55.9 Å². The molecule has 0 N–H and O–H groups in total. The fourth-order valence-electron chi connectivity index (χ4n) is 2.34. The maximum absolute atomic E-state index is 6.05. The van der Waals surface area contributed by atoms with Crippen LogP contribution < -0.4 is 9.47 Å². The smallest absolute Gasteiger partial charge is 0.145 e. The predicted octanol–water partition coefficient (Wildman–Crippen LogP) is 8.38. The van der Waals surface area contributed by atoms with E-state index in [1.807, 2.05) is 38.1 Å². The zero-order valence-electron chi connectivity index (χ0n) is 15.6. The van der Waals surface area contributed by atoms with Gasteiger partial charge in [0.1, 0.15) is 24.7 Å². The van der Waals surface area contributed by atoms with Gasteiger partial charge in [-0.2, -0.15) is 0 Å². The number of rotatable bonds is 4. The van der Waals surface area contributed by atoms with Crippen molar-refractivity contribution in [3.05, 3.63) is 79.8 Å². The van der Waals surface area contributed by atoms with Crippen molar-refractivity contribution >= 4 is 58.6 Å². The third-order valence-electron chi connectivity index (χ3n) is 3.63. The summed E-state index contributed by atoms with van der Waals surface area (Å²) in [6, 6.07) is 6.95. The number of ether oxygens (including phenoxy) is 2. The van der Waals surface area contributed by atoms with Gasteiger partial charge in [0.05, 0.1) is 10.0 Å². The van der Waals surface area contributed by atoms with Gasteiger partial charge in [-0.05, 0) is 50.3 Å². The summed E-state index contributed by atoms with van der Waals surface area (Å²) in [4.78, 5) is 0. The summed E-state index contributed by atoms with van der Waals surface area (Å²) in [5.41, 5.74) is 2.95. The molecule has 0 aliphatic carbocycles. The molecule has 0 atom stereocenters. The molecule has 0 saturated heterocycles. The van der Waals surface area contributed by atoms with Crippen molar-refractivity contribution in [2.45, 2.75) is 13.8 Å². The van der Waals surface area contributed by atoms with Crippen LogP contribution in [-0.4, -0.2) is 13.2 Å². The van der Waals surface area contributed by atoms with Crippen molar-refractivity contribution in [2.24, 2.45) is 0 Å². The SMILES string of the molecule is C=Cc1cc(Cl)cc(Cl)c1OCC=C(C)C.Clc1cc(Cl)c2c(c1)C=CCO2. The van der Waals surface area contributed by atoms with Crippen LogP contribution in [0.5, 0.6) is 11.5 Å². The van der Waals surface area contributed by atoms with Gasteiger partial charge in [-0.1, -0.05) is 70.7 Å². The highest BCUT2D eigenvalue weighted by Gasteiger charge is 2.10. The Morgan fingerprint density at radius 3 is 2.43 bits per heavy atom. The van der Waals surface area contributed by atoms with Crippen molar-refractivity contribution < 1.29 is 9.47 Å². The highest BCUT2D eigenvalue weighted by Crippen LogP contribution is 2.35. The van der Waals surface area contributed by atoms with E-state index < -0.39 is 0 Å². The van der Waals surface area contributed by atoms with Gasteiger partial charge in [-0.15, -0.1) is 0 Å². The zero-order chi connectivity index (χ0) is 20.7. The maximum Gasteiger partial charge on any atom is 0.145 e. The second-order valence-corrected chi connectivity index (χ2v) is 7.81. The normalized spacial score (nSPS) is 11.5. The first-order valence-electron chi connectivity index (χ1n) is 8.48. The number of hydrogen-bond donors (Lipinski definition) is 0. The Morgan fingerprint density at radius 1 is 1.07 bits per heavy atom. The van der Waals surface area contributed by atoms with Crippen molar-refractivity contribution in [3.63, 3.8) is 0 Å². The van der Waals surface area contributed by atoms with Gasteiger partial charge in [-0.25, -0.2) is 0 Å². The fraction of sp³-hybridized carbons (Fsp3) is 0.182. The van der Waals surface area contributed by atoms with E-state index in [9.17, 15) is 0 Å². The van der Waals surface area contributed by atoms with Crippen LogP contribution in [0.1, 0.15) is 25.0 Å². The summed E-state index contributed by atoms with van der Waals surface area (Å²) >= 11 is 23.6. The molecule has 0 bridgehead atoms. The van der Waals surface area contributed by atoms with Crippen LogP contribution in [0.4, 0.5) is 0 Å². The molecule has 6 heteroatoms. The van der Waals surface area contributed by atoms with E-state index in [0.29, 0.717) is 39.1 Å². The molecule has 2 aromatic rings. The summed E-state index contributed by atoms with van der Waals surface area (Å²) in [6.07, 6.45) is 7.54. The summed E-state index contributed by atoms with van der Waals surface area (Å²) in [6.45, 7) is 8.80. The van der Waals surface area contributed by atoms with E-state index >= 15 is 0 Å². The number of hydrogen-bond acceptors (Lipinski definition) is 2. The molecule has 0 fully saturated rings. The minimum atomic E-state index is 0.491. The second-order valence-electron chi connectivity index (χ2n) is 6.12. The van der Waals surface area contributed by atoms with Gasteiger partial charge in [0.25, 0.3) is 0 Å². The first-order valence-corrected chi connectivity index (χ1v) is 9.99. The van der Waals surface area contributed by atoms with Gasteiger partial charge in [0, 0.05) is 21.2 Å². The third-order valence-corrected chi connectivity index (χ3v) is 4.63. The van der Waals surface area contributed by atoms with Crippen molar-refractivity contribution in [2.75, 3.05) is 13.2 Å². The van der Waals surface area contributed by atoms with Crippen molar-refractivity contribution in [1.29, 1.82) is 0 Å². The van der Waals surface area contributed by atoms with Crippen LogP contribution in [0.2, 0.25) is 20.1 Å². The molecule has 0 radical (unpaired) electrons. The lowest BCUT2D eigenvalue weighted by atomic mass is 10.1. The Kier molecular flexibility index (Phi) is 8.78. The molecule has 2 aromatic carbocycles. The molecule has 1 aliphatic rings. The molecule has 0 unspecified atom stereocenters. The Labute approximate surface area is 186 Å². The highest BCUT2D eigenvalue weighted by atomic mass is 35.5. The summed E-state index contributed by atoms with van der Waals surface area (Å²) < 4.78 is 10.9. The number of fused-ring (bicyclic) bond motifs is 1. The molecule has 2 nitrogen and oxygen atoms in total. The maximum atomic E-state index is 6.05. The lowest BCUT2D eigenvalue weighted by Gasteiger charge is -2.13. The van der Waals surface area contributed by atoms with Gasteiger partial charge in [0.15, 0.2) is 0 Å².